The van der Waals surface area contributed by atoms with Crippen LogP contribution in [0.15, 0.2) is 30.3 Å². The average Bonchev–Trinajstić information content (AvgIpc) is 2.96. The number of carbonyl (C=O) groups excluding carboxylic acids is 1. The van der Waals surface area contributed by atoms with E-state index in [9.17, 15) is 19.1 Å². The van der Waals surface area contributed by atoms with E-state index >= 15 is 0 Å². The number of rotatable bonds is 5. The molecule has 1 atom stereocenters. The molecule has 0 saturated heterocycles. The van der Waals surface area contributed by atoms with E-state index < -0.39 is 23.2 Å². The number of aromatic nitrogens is 2. The second-order valence-electron chi connectivity index (χ2n) is 5.02. The Morgan fingerprint density at radius 1 is 1.36 bits per heavy atom. The smallest absolute Gasteiger partial charge is 0.333 e. The number of nitrogens with one attached hydrogen (secondary N) is 2. The minimum atomic E-state index is -1.68. The number of hydrogen-bond donors (Lipinski definition) is 3. The number of aromatic amines is 1. The van der Waals surface area contributed by atoms with Crippen LogP contribution >= 0.6 is 0 Å². The number of carboxylic acid groups (broad SMARTS) is 1. The molecule has 0 saturated carbocycles. The Kier molecular flexibility index (Phi) is 4.25. The minimum absolute atomic E-state index is 0.103. The van der Waals surface area contributed by atoms with Gasteiger partial charge in [-0.3, -0.25) is 9.89 Å². The van der Waals surface area contributed by atoms with Gasteiger partial charge in [0.25, 0.3) is 5.91 Å². The summed E-state index contributed by atoms with van der Waals surface area (Å²) in [5.74, 6) is -2.36. The van der Waals surface area contributed by atoms with Crippen LogP contribution in [0, 0.1) is 5.82 Å². The fourth-order valence-electron chi connectivity index (χ4n) is 1.98. The molecule has 7 heteroatoms. The highest BCUT2D eigenvalue weighted by molar-refractivity contribution is 5.96. The molecule has 1 unspecified atom stereocenters. The number of H-pyrrole nitrogens is 1. The highest BCUT2D eigenvalue weighted by atomic mass is 19.1. The van der Waals surface area contributed by atoms with Gasteiger partial charge in [0, 0.05) is 5.69 Å². The summed E-state index contributed by atoms with van der Waals surface area (Å²) < 4.78 is 13.0. The van der Waals surface area contributed by atoms with Gasteiger partial charge in [-0.2, -0.15) is 5.10 Å². The Labute approximate surface area is 126 Å². The molecule has 0 fully saturated rings. The van der Waals surface area contributed by atoms with E-state index in [4.69, 9.17) is 0 Å². The fourth-order valence-corrected chi connectivity index (χ4v) is 1.98. The van der Waals surface area contributed by atoms with Crippen molar-refractivity contribution in [2.24, 2.45) is 0 Å². The van der Waals surface area contributed by atoms with Crippen molar-refractivity contribution >= 4 is 11.9 Å². The van der Waals surface area contributed by atoms with Crippen molar-refractivity contribution < 1.29 is 19.1 Å². The SMILES string of the molecule is CCc1cc(C(=O)NC(C)(C(=O)O)c2ccc(F)cc2)n[nH]1. The van der Waals surface area contributed by atoms with Gasteiger partial charge in [0.05, 0.1) is 0 Å². The van der Waals surface area contributed by atoms with E-state index in [2.05, 4.69) is 15.5 Å². The number of hydrogen-bond acceptors (Lipinski definition) is 3. The number of amides is 1. The molecule has 0 spiro atoms. The summed E-state index contributed by atoms with van der Waals surface area (Å²) in [6, 6.07) is 6.50. The highest BCUT2D eigenvalue weighted by Gasteiger charge is 2.37. The molecule has 0 bridgehead atoms. The minimum Gasteiger partial charge on any atom is -0.479 e. The molecule has 2 rings (SSSR count). The molecule has 22 heavy (non-hydrogen) atoms. The Morgan fingerprint density at radius 2 is 2.00 bits per heavy atom. The van der Waals surface area contributed by atoms with Crippen LogP contribution in [0.25, 0.3) is 0 Å². The van der Waals surface area contributed by atoms with Crippen LogP contribution in [0.1, 0.15) is 35.6 Å². The van der Waals surface area contributed by atoms with Crippen LogP contribution < -0.4 is 5.32 Å². The maximum atomic E-state index is 13.0. The van der Waals surface area contributed by atoms with Crippen molar-refractivity contribution in [1.29, 1.82) is 0 Å². The van der Waals surface area contributed by atoms with Gasteiger partial charge in [-0.1, -0.05) is 19.1 Å². The van der Waals surface area contributed by atoms with Gasteiger partial charge in [-0.05, 0) is 37.1 Å². The van der Waals surface area contributed by atoms with Crippen LogP contribution in [-0.4, -0.2) is 27.2 Å². The van der Waals surface area contributed by atoms with E-state index in [-0.39, 0.29) is 11.3 Å². The summed E-state index contributed by atoms with van der Waals surface area (Å²) in [7, 11) is 0. The summed E-state index contributed by atoms with van der Waals surface area (Å²) in [5, 5.41) is 18.4. The van der Waals surface area contributed by atoms with Crippen LogP contribution in [0.3, 0.4) is 0 Å². The van der Waals surface area contributed by atoms with Gasteiger partial charge in [0.15, 0.2) is 5.54 Å². The zero-order chi connectivity index (χ0) is 16.3. The molecular formula is C15H16FN3O3. The van der Waals surface area contributed by atoms with Gasteiger partial charge in [0.1, 0.15) is 11.5 Å². The van der Waals surface area contributed by atoms with Gasteiger partial charge >= 0.3 is 5.97 Å². The molecule has 116 valence electrons. The zero-order valence-electron chi connectivity index (χ0n) is 12.2. The van der Waals surface area contributed by atoms with E-state index in [0.717, 1.165) is 17.8 Å². The predicted octanol–water partition coefficient (Wildman–Crippen LogP) is 1.84. The molecule has 0 aliphatic carbocycles. The monoisotopic (exact) mass is 305 g/mol. The summed E-state index contributed by atoms with van der Waals surface area (Å²) >= 11 is 0. The average molecular weight is 305 g/mol. The maximum absolute atomic E-state index is 13.0. The molecular weight excluding hydrogens is 289 g/mol. The lowest BCUT2D eigenvalue weighted by Crippen LogP contribution is -2.49. The summed E-state index contributed by atoms with van der Waals surface area (Å²) in [4.78, 5) is 23.8. The van der Waals surface area contributed by atoms with Crippen LogP contribution in [0.4, 0.5) is 4.39 Å². The normalized spacial score (nSPS) is 13.4. The topological polar surface area (TPSA) is 95.1 Å². The number of nitrogens with zero attached hydrogens (tertiary/aromatic N) is 1. The van der Waals surface area contributed by atoms with Crippen molar-refractivity contribution in [1.82, 2.24) is 15.5 Å². The Balaban J connectivity index is 2.30. The lowest BCUT2D eigenvalue weighted by molar-refractivity contribution is -0.144. The van der Waals surface area contributed by atoms with Crippen LogP contribution in [0.2, 0.25) is 0 Å². The molecule has 1 aromatic carbocycles. The van der Waals surface area contributed by atoms with E-state index in [1.807, 2.05) is 6.92 Å². The van der Waals surface area contributed by atoms with Crippen LogP contribution in [0.5, 0.6) is 0 Å². The van der Waals surface area contributed by atoms with Gasteiger partial charge < -0.3 is 10.4 Å². The first-order valence-corrected chi connectivity index (χ1v) is 6.73. The number of aryl methyl sites for hydroxylation is 1. The molecule has 1 heterocycles. The van der Waals surface area contributed by atoms with E-state index in [0.29, 0.717) is 6.42 Å². The molecule has 3 N–H and O–H groups in total. The summed E-state index contributed by atoms with van der Waals surface area (Å²) in [6.45, 7) is 3.24. The molecule has 1 aromatic heterocycles. The first-order valence-electron chi connectivity index (χ1n) is 6.73. The number of halogens is 1. The molecule has 6 nitrogen and oxygen atoms in total. The van der Waals surface area contributed by atoms with Crippen LogP contribution in [-0.2, 0) is 16.8 Å². The molecule has 2 aromatic rings. The molecule has 0 aliphatic rings. The Bertz CT molecular complexity index is 696. The van der Waals surface area contributed by atoms with Crippen molar-refractivity contribution in [2.75, 3.05) is 0 Å². The Morgan fingerprint density at radius 3 is 2.50 bits per heavy atom. The predicted molar refractivity (Wildman–Crippen MR) is 76.8 cm³/mol. The second-order valence-corrected chi connectivity index (χ2v) is 5.02. The molecule has 0 radical (unpaired) electrons. The van der Waals surface area contributed by atoms with Gasteiger partial charge in [0.2, 0.25) is 0 Å². The largest absolute Gasteiger partial charge is 0.479 e. The first kappa shape index (κ1) is 15.7. The lowest BCUT2D eigenvalue weighted by atomic mass is 9.92. The third-order valence-corrected chi connectivity index (χ3v) is 3.46. The number of carbonyl (C=O) groups is 2. The van der Waals surface area contributed by atoms with E-state index in [1.54, 1.807) is 6.07 Å². The lowest BCUT2D eigenvalue weighted by Gasteiger charge is -2.26. The summed E-state index contributed by atoms with van der Waals surface area (Å²) in [6.07, 6.45) is 0.675. The first-order chi connectivity index (χ1) is 10.4. The number of carboxylic acids is 1. The van der Waals surface area contributed by atoms with Crippen molar-refractivity contribution in [3.05, 3.63) is 53.1 Å². The highest BCUT2D eigenvalue weighted by Crippen LogP contribution is 2.22. The third kappa shape index (κ3) is 2.98. The fraction of sp³-hybridized carbons (Fsp3) is 0.267. The number of aliphatic carboxylic acids is 1. The molecule has 1 amide bonds. The summed E-state index contributed by atoms with van der Waals surface area (Å²) in [5.41, 5.74) is -0.549. The maximum Gasteiger partial charge on any atom is 0.333 e. The van der Waals surface area contributed by atoms with Gasteiger partial charge in [-0.15, -0.1) is 0 Å². The second kappa shape index (κ2) is 5.97. The van der Waals surface area contributed by atoms with Crippen molar-refractivity contribution in [3.8, 4) is 0 Å². The quantitative estimate of drug-likeness (QED) is 0.785. The van der Waals surface area contributed by atoms with Gasteiger partial charge in [-0.25, -0.2) is 9.18 Å². The zero-order valence-corrected chi connectivity index (χ0v) is 12.2. The third-order valence-electron chi connectivity index (χ3n) is 3.46. The molecule has 0 aliphatic heterocycles. The standard InChI is InChI=1S/C15H16FN3O3/c1-3-11-8-12(19-18-11)13(20)17-15(2,14(21)22)9-4-6-10(16)7-5-9/h4-8H,3H2,1-2H3,(H,17,20)(H,18,19)(H,21,22). The van der Waals surface area contributed by atoms with E-state index in [1.165, 1.54) is 19.1 Å². The number of benzene rings is 1. The van der Waals surface area contributed by atoms with Crippen molar-refractivity contribution in [2.45, 2.75) is 25.8 Å². The van der Waals surface area contributed by atoms with Crippen molar-refractivity contribution in [3.63, 3.8) is 0 Å². The Hall–Kier alpha value is -2.70.